The standard InChI is InChI=1S/C23H14ClN3O4/c24-20-6-1-14(11-22(28)27-18-4-2-17(3-5-18)23(29)30)10-21(20)31-19-8-15(12-25)7-16(9-19)13-26/h1-10H,11H2,(H,27,28)(H,29,30). The van der Waals surface area contributed by atoms with E-state index in [0.29, 0.717) is 16.3 Å². The molecule has 0 bridgehead atoms. The normalized spacial score (nSPS) is 9.90. The number of amides is 1. The largest absolute Gasteiger partial charge is 0.478 e. The summed E-state index contributed by atoms with van der Waals surface area (Å²) in [6.45, 7) is 0. The van der Waals surface area contributed by atoms with Gasteiger partial charge in [0.1, 0.15) is 11.5 Å². The molecule has 0 radical (unpaired) electrons. The van der Waals surface area contributed by atoms with E-state index >= 15 is 0 Å². The van der Waals surface area contributed by atoms with Crippen molar-refractivity contribution >= 4 is 29.2 Å². The average Bonchev–Trinajstić information content (AvgIpc) is 2.76. The average molecular weight is 432 g/mol. The van der Waals surface area contributed by atoms with E-state index in [4.69, 9.17) is 32.0 Å². The Morgan fingerprint density at radius 2 is 1.61 bits per heavy atom. The van der Waals surface area contributed by atoms with Gasteiger partial charge in [0.05, 0.1) is 40.3 Å². The van der Waals surface area contributed by atoms with Crippen LogP contribution in [-0.2, 0) is 11.2 Å². The van der Waals surface area contributed by atoms with Gasteiger partial charge in [0.25, 0.3) is 0 Å². The molecule has 0 saturated carbocycles. The Morgan fingerprint density at radius 1 is 0.968 bits per heavy atom. The fourth-order valence-electron chi connectivity index (χ4n) is 2.74. The first-order valence-electron chi connectivity index (χ1n) is 8.92. The summed E-state index contributed by atoms with van der Waals surface area (Å²) in [6.07, 6.45) is 0.0237. The van der Waals surface area contributed by atoms with Crippen LogP contribution in [0.4, 0.5) is 5.69 Å². The van der Waals surface area contributed by atoms with Gasteiger partial charge < -0.3 is 15.2 Å². The Bertz CT molecular complexity index is 1210. The lowest BCUT2D eigenvalue weighted by Crippen LogP contribution is -2.14. The van der Waals surface area contributed by atoms with E-state index < -0.39 is 5.97 Å². The molecule has 3 aromatic carbocycles. The third-order valence-electron chi connectivity index (χ3n) is 4.17. The van der Waals surface area contributed by atoms with E-state index in [2.05, 4.69) is 5.32 Å². The molecule has 0 aliphatic carbocycles. The summed E-state index contributed by atoms with van der Waals surface area (Å²) in [4.78, 5) is 23.2. The lowest BCUT2D eigenvalue weighted by molar-refractivity contribution is -0.115. The molecular weight excluding hydrogens is 418 g/mol. The molecule has 0 aliphatic rings. The van der Waals surface area contributed by atoms with Crippen molar-refractivity contribution in [1.29, 1.82) is 10.5 Å². The lowest BCUT2D eigenvalue weighted by Gasteiger charge is -2.11. The van der Waals surface area contributed by atoms with Gasteiger partial charge >= 0.3 is 5.97 Å². The van der Waals surface area contributed by atoms with Crippen LogP contribution < -0.4 is 10.1 Å². The zero-order valence-corrected chi connectivity index (χ0v) is 16.7. The Labute approximate surface area is 182 Å². The highest BCUT2D eigenvalue weighted by Crippen LogP contribution is 2.31. The van der Waals surface area contributed by atoms with E-state index in [1.54, 1.807) is 18.2 Å². The number of carboxylic acid groups (broad SMARTS) is 1. The smallest absolute Gasteiger partial charge is 0.335 e. The Morgan fingerprint density at radius 3 is 2.19 bits per heavy atom. The molecule has 2 N–H and O–H groups in total. The number of rotatable bonds is 6. The van der Waals surface area contributed by atoms with Crippen LogP contribution in [0.3, 0.4) is 0 Å². The summed E-state index contributed by atoms with van der Waals surface area (Å²) in [6, 6.07) is 19.0. The number of hydrogen-bond donors (Lipinski definition) is 2. The quantitative estimate of drug-likeness (QED) is 0.580. The van der Waals surface area contributed by atoms with Crippen LogP contribution in [0.15, 0.2) is 60.7 Å². The van der Waals surface area contributed by atoms with E-state index in [9.17, 15) is 9.59 Å². The highest BCUT2D eigenvalue weighted by molar-refractivity contribution is 6.32. The molecule has 0 spiro atoms. The zero-order chi connectivity index (χ0) is 22.4. The van der Waals surface area contributed by atoms with Gasteiger partial charge in [-0.15, -0.1) is 0 Å². The predicted molar refractivity (Wildman–Crippen MR) is 113 cm³/mol. The lowest BCUT2D eigenvalue weighted by atomic mass is 10.1. The van der Waals surface area contributed by atoms with Gasteiger partial charge in [0, 0.05) is 5.69 Å². The maximum atomic E-state index is 12.3. The van der Waals surface area contributed by atoms with Gasteiger partial charge in [0.2, 0.25) is 5.91 Å². The highest BCUT2D eigenvalue weighted by atomic mass is 35.5. The van der Waals surface area contributed by atoms with Crippen LogP contribution in [0.2, 0.25) is 5.02 Å². The number of carbonyl (C=O) groups excluding carboxylic acids is 1. The van der Waals surface area contributed by atoms with Crippen molar-refractivity contribution in [3.05, 3.63) is 87.9 Å². The number of anilines is 1. The van der Waals surface area contributed by atoms with Crippen molar-refractivity contribution in [3.8, 4) is 23.6 Å². The van der Waals surface area contributed by atoms with Gasteiger partial charge in [-0.25, -0.2) is 4.79 Å². The number of benzene rings is 3. The minimum absolute atomic E-state index is 0.0237. The molecule has 0 unspecified atom stereocenters. The molecule has 0 saturated heterocycles. The van der Waals surface area contributed by atoms with Crippen molar-refractivity contribution in [2.45, 2.75) is 6.42 Å². The number of carboxylic acids is 1. The molecule has 152 valence electrons. The number of aromatic carboxylic acids is 1. The van der Waals surface area contributed by atoms with Crippen molar-refractivity contribution < 1.29 is 19.4 Å². The molecule has 0 aromatic heterocycles. The highest BCUT2D eigenvalue weighted by Gasteiger charge is 2.11. The van der Waals surface area contributed by atoms with Gasteiger partial charge in [0.15, 0.2) is 0 Å². The molecule has 3 aromatic rings. The number of nitrogens with one attached hydrogen (secondary N) is 1. The fourth-order valence-corrected chi connectivity index (χ4v) is 2.89. The molecule has 0 atom stereocenters. The van der Waals surface area contributed by atoms with Crippen molar-refractivity contribution in [3.63, 3.8) is 0 Å². The first kappa shape index (κ1) is 21.4. The summed E-state index contributed by atoms with van der Waals surface area (Å²) in [5.74, 6) is -0.808. The number of carbonyl (C=O) groups is 2. The minimum Gasteiger partial charge on any atom is -0.478 e. The summed E-state index contributed by atoms with van der Waals surface area (Å²) < 4.78 is 5.75. The molecule has 0 aliphatic heterocycles. The van der Waals surface area contributed by atoms with E-state index in [1.807, 2.05) is 12.1 Å². The van der Waals surface area contributed by atoms with Crippen LogP contribution in [-0.4, -0.2) is 17.0 Å². The summed E-state index contributed by atoms with van der Waals surface area (Å²) in [7, 11) is 0. The monoisotopic (exact) mass is 431 g/mol. The second-order valence-electron chi connectivity index (χ2n) is 6.44. The second-order valence-corrected chi connectivity index (χ2v) is 6.85. The predicted octanol–water partition coefficient (Wildman–Crippen LogP) is 4.76. The number of ether oxygens (including phenoxy) is 1. The summed E-state index contributed by atoms with van der Waals surface area (Å²) >= 11 is 6.20. The molecular formula is C23H14ClN3O4. The minimum atomic E-state index is -1.05. The van der Waals surface area contributed by atoms with Crippen LogP contribution >= 0.6 is 11.6 Å². The molecule has 3 rings (SSSR count). The van der Waals surface area contributed by atoms with Gasteiger partial charge in [-0.05, 0) is 60.2 Å². The number of nitriles is 2. The molecule has 31 heavy (non-hydrogen) atoms. The van der Waals surface area contributed by atoms with Gasteiger partial charge in [-0.2, -0.15) is 10.5 Å². The molecule has 0 fully saturated rings. The summed E-state index contributed by atoms with van der Waals surface area (Å²) in [5, 5.41) is 30.1. The first-order chi connectivity index (χ1) is 14.9. The van der Waals surface area contributed by atoms with E-state index in [0.717, 1.165) is 0 Å². The Kier molecular flexibility index (Phi) is 6.51. The SMILES string of the molecule is N#Cc1cc(C#N)cc(Oc2cc(CC(=O)Nc3ccc(C(=O)O)cc3)ccc2Cl)c1. The van der Waals surface area contributed by atoms with Crippen molar-refractivity contribution in [2.75, 3.05) is 5.32 Å². The van der Waals surface area contributed by atoms with Crippen molar-refractivity contribution in [2.24, 2.45) is 0 Å². The zero-order valence-electron chi connectivity index (χ0n) is 15.9. The molecule has 7 nitrogen and oxygen atoms in total. The Balaban J connectivity index is 1.73. The maximum Gasteiger partial charge on any atom is 0.335 e. The van der Waals surface area contributed by atoms with Crippen molar-refractivity contribution in [1.82, 2.24) is 0 Å². The first-order valence-corrected chi connectivity index (χ1v) is 9.30. The van der Waals surface area contributed by atoms with Crippen LogP contribution in [0.25, 0.3) is 0 Å². The molecule has 1 amide bonds. The molecule has 0 heterocycles. The third-order valence-corrected chi connectivity index (χ3v) is 4.48. The maximum absolute atomic E-state index is 12.3. The third kappa shape index (κ3) is 5.60. The Hall–Kier alpha value is -4.33. The number of nitrogens with zero attached hydrogens (tertiary/aromatic N) is 2. The number of hydrogen-bond acceptors (Lipinski definition) is 5. The van der Waals surface area contributed by atoms with Crippen LogP contribution in [0.1, 0.15) is 27.0 Å². The van der Waals surface area contributed by atoms with E-state index in [-0.39, 0.29) is 40.5 Å². The second kappa shape index (κ2) is 9.45. The van der Waals surface area contributed by atoms with Gasteiger partial charge in [-0.3, -0.25) is 4.79 Å². The topological polar surface area (TPSA) is 123 Å². The van der Waals surface area contributed by atoms with Crippen LogP contribution in [0, 0.1) is 22.7 Å². The fraction of sp³-hybridized carbons (Fsp3) is 0.0435. The molecule has 8 heteroatoms. The van der Waals surface area contributed by atoms with E-state index in [1.165, 1.54) is 42.5 Å². The number of halogens is 1. The van der Waals surface area contributed by atoms with Gasteiger partial charge in [-0.1, -0.05) is 17.7 Å². The summed E-state index contributed by atoms with van der Waals surface area (Å²) in [5.41, 5.74) is 1.76. The van der Waals surface area contributed by atoms with Crippen LogP contribution in [0.5, 0.6) is 11.5 Å².